The molecule has 20 heteroatoms. The molecule has 6 heterocycles. The van der Waals surface area contributed by atoms with Gasteiger partial charge in [0.15, 0.2) is 5.69 Å². The van der Waals surface area contributed by atoms with Crippen LogP contribution in [0.3, 0.4) is 0 Å². The number of fused-ring (bicyclic) bond motifs is 1. The molecule has 7 N–H and O–H groups in total. The Hall–Kier alpha value is -6.51. The number of nitrogens with two attached hydrogens (primary N) is 1. The number of H-pyrrole nitrogens is 1. The van der Waals surface area contributed by atoms with Crippen LogP contribution in [0.25, 0.3) is 22.2 Å². The molecule has 0 saturated carbocycles. The second kappa shape index (κ2) is 24.9. The minimum absolute atomic E-state index is 0.00465. The fraction of sp³-hybridized carbons (Fsp3) is 0.472. The van der Waals surface area contributed by atoms with Crippen molar-refractivity contribution in [1.82, 2.24) is 50.6 Å². The van der Waals surface area contributed by atoms with Crippen LogP contribution < -0.4 is 31.9 Å². The summed E-state index contributed by atoms with van der Waals surface area (Å²) in [5, 5.41) is 13.7. The van der Waals surface area contributed by atoms with E-state index in [1.807, 2.05) is 59.6 Å². The van der Waals surface area contributed by atoms with Crippen LogP contribution in [-0.2, 0) is 30.3 Å². The van der Waals surface area contributed by atoms with Gasteiger partial charge in [0.25, 0.3) is 5.91 Å². The maximum atomic E-state index is 14.0. The average molecular weight is 1020 g/mol. The van der Waals surface area contributed by atoms with E-state index in [4.69, 9.17) is 22.1 Å². The first-order valence-electron chi connectivity index (χ1n) is 25.4. The molecular formula is C53H68ClN13O6. The maximum absolute atomic E-state index is 14.0. The van der Waals surface area contributed by atoms with Crippen molar-refractivity contribution in [3.8, 4) is 11.1 Å². The summed E-state index contributed by atoms with van der Waals surface area (Å²) in [5.74, 6) is 0.0926. The van der Waals surface area contributed by atoms with E-state index in [0.717, 1.165) is 51.9 Å². The molecule has 19 nitrogen and oxygen atoms in total. The number of hydrogen-bond acceptors (Lipinski definition) is 13. The number of aryl methyl sites for hydroxylation is 1. The van der Waals surface area contributed by atoms with Crippen molar-refractivity contribution >= 4 is 63.7 Å². The van der Waals surface area contributed by atoms with Crippen molar-refractivity contribution in [3.05, 3.63) is 101 Å². The monoisotopic (exact) mass is 1020 g/mol. The smallest absolute Gasteiger partial charge is 0.272 e. The number of anilines is 2. The van der Waals surface area contributed by atoms with Crippen molar-refractivity contribution in [2.45, 2.75) is 63.5 Å². The Kier molecular flexibility index (Phi) is 18.0. The Balaban J connectivity index is 0.761. The van der Waals surface area contributed by atoms with Crippen LogP contribution in [0.1, 0.15) is 73.1 Å². The van der Waals surface area contributed by atoms with E-state index in [9.17, 15) is 24.0 Å². The number of carbonyl (C=O) groups is 5. The van der Waals surface area contributed by atoms with Gasteiger partial charge in [-0.25, -0.2) is 15.0 Å². The van der Waals surface area contributed by atoms with E-state index < -0.39 is 11.4 Å². The van der Waals surface area contributed by atoms with Gasteiger partial charge in [0.05, 0.1) is 48.8 Å². The number of nitrogens with one attached hydrogen (secondary N) is 5. The van der Waals surface area contributed by atoms with Crippen molar-refractivity contribution in [1.29, 1.82) is 0 Å². The number of benzene rings is 2. The molecular weight excluding hydrogens is 950 g/mol. The Morgan fingerprint density at radius 1 is 0.945 bits per heavy atom. The number of amides is 5. The standard InChI is InChI=1S/C53H68ClN13O6/c1-3-36-5-4-6-39(29-36)40-31-44(62-45(68)34-56-32-37-12-19-64(2)47(70)30-37)48(59-33-40)51(71)58-18-28-73-27-14-46(69)66-25-23-65(24-26-66)20-13-43(38-7-9-41(54)10-8-38)63-52(72)53(55)15-21-67(22-16-53)50-42-11-17-57-49(42)60-35-61-50/h4-11,17,29,31,33,35,37,43,56H,3,12-16,18-28,30,32,34,55H2,1-2H3,(H,58,71)(H,62,68)(H,63,72)(H,57,60,61)/t37?,43-/m0/s1. The van der Waals surface area contributed by atoms with Crippen LogP contribution in [0.2, 0.25) is 5.02 Å². The molecule has 3 fully saturated rings. The molecule has 2 aromatic carbocycles. The predicted molar refractivity (Wildman–Crippen MR) is 281 cm³/mol. The third kappa shape index (κ3) is 14.0. The molecule has 1 unspecified atom stereocenters. The van der Waals surface area contributed by atoms with Crippen molar-refractivity contribution in [2.24, 2.45) is 11.7 Å². The molecule has 5 amide bonds. The molecule has 3 aliphatic rings. The fourth-order valence-corrected chi connectivity index (χ4v) is 9.81. The highest BCUT2D eigenvalue weighted by Gasteiger charge is 2.39. The van der Waals surface area contributed by atoms with Gasteiger partial charge in [0.1, 0.15) is 17.8 Å². The number of ether oxygens (including phenoxy) is 1. The van der Waals surface area contributed by atoms with E-state index >= 15 is 0 Å². The van der Waals surface area contributed by atoms with Gasteiger partial charge in [0, 0.05) is 95.4 Å². The first kappa shape index (κ1) is 52.8. The molecule has 0 bridgehead atoms. The number of piperidine rings is 2. The zero-order valence-corrected chi connectivity index (χ0v) is 42.6. The number of nitrogens with zero attached hydrogens (tertiary/aromatic N) is 7. The number of carbonyl (C=O) groups excluding carboxylic acids is 5. The third-order valence-corrected chi connectivity index (χ3v) is 14.5. The fourth-order valence-electron chi connectivity index (χ4n) is 9.68. The molecule has 8 rings (SSSR count). The van der Waals surface area contributed by atoms with Crippen LogP contribution in [0.4, 0.5) is 11.5 Å². The van der Waals surface area contributed by atoms with Gasteiger partial charge in [-0.3, -0.25) is 28.9 Å². The van der Waals surface area contributed by atoms with E-state index in [-0.39, 0.29) is 79.7 Å². The number of rotatable bonds is 21. The number of likely N-dealkylation sites (tertiary alicyclic amines) is 1. The first-order valence-corrected chi connectivity index (χ1v) is 25.8. The third-order valence-electron chi connectivity index (χ3n) is 14.3. The van der Waals surface area contributed by atoms with Crippen LogP contribution in [0, 0.1) is 5.92 Å². The lowest BCUT2D eigenvalue weighted by atomic mass is 9.87. The Bertz CT molecular complexity index is 2700. The van der Waals surface area contributed by atoms with Crippen molar-refractivity contribution in [2.75, 3.05) is 102 Å². The molecule has 0 radical (unpaired) electrons. The predicted octanol–water partition coefficient (Wildman–Crippen LogP) is 4.16. The lowest BCUT2D eigenvalue weighted by Gasteiger charge is -2.39. The number of hydrogen-bond donors (Lipinski definition) is 6. The minimum Gasteiger partial charge on any atom is -0.379 e. The summed E-state index contributed by atoms with van der Waals surface area (Å²) >= 11 is 6.25. The molecule has 388 valence electrons. The normalized spacial score (nSPS) is 17.6. The average Bonchev–Trinajstić information content (AvgIpc) is 3.90. The number of piperazine rings is 1. The zero-order valence-electron chi connectivity index (χ0n) is 41.8. The van der Waals surface area contributed by atoms with Crippen LogP contribution in [0.5, 0.6) is 0 Å². The van der Waals surface area contributed by atoms with Gasteiger partial charge in [0.2, 0.25) is 23.6 Å². The minimum atomic E-state index is -1.04. The molecule has 73 heavy (non-hydrogen) atoms. The Morgan fingerprint density at radius 3 is 2.51 bits per heavy atom. The topological polar surface area (TPSA) is 236 Å². The van der Waals surface area contributed by atoms with E-state index in [2.05, 4.69) is 64.0 Å². The molecule has 5 aromatic rings. The number of aromatic nitrogens is 4. The van der Waals surface area contributed by atoms with E-state index in [1.165, 1.54) is 0 Å². The summed E-state index contributed by atoms with van der Waals surface area (Å²) in [6.45, 7) is 8.24. The SMILES string of the molecule is CCc1cccc(-c2cnc(C(=O)NCCOCCC(=O)N3CCN(CC[C@H](NC(=O)C4(N)CCN(c5ncnc6[nH]ccc56)CC4)c4ccc(Cl)cc4)CC3)c(NC(=O)CNCC3CCN(C)C(=O)C3)c2)c1. The lowest BCUT2D eigenvalue weighted by molar-refractivity contribution is -0.134. The summed E-state index contributed by atoms with van der Waals surface area (Å²) in [4.78, 5) is 90.5. The van der Waals surface area contributed by atoms with Crippen molar-refractivity contribution in [3.63, 3.8) is 0 Å². The number of halogens is 1. The highest BCUT2D eigenvalue weighted by atomic mass is 35.5. The molecule has 3 aliphatic heterocycles. The van der Waals surface area contributed by atoms with Gasteiger partial charge in [-0.15, -0.1) is 0 Å². The summed E-state index contributed by atoms with van der Waals surface area (Å²) in [7, 11) is 1.80. The van der Waals surface area contributed by atoms with Gasteiger partial charge in [-0.05, 0) is 85.5 Å². The summed E-state index contributed by atoms with van der Waals surface area (Å²) < 4.78 is 5.78. The summed E-state index contributed by atoms with van der Waals surface area (Å²) in [6.07, 6.45) is 8.96. The van der Waals surface area contributed by atoms with E-state index in [0.29, 0.717) is 89.6 Å². The zero-order chi connectivity index (χ0) is 51.3. The molecule has 3 aromatic heterocycles. The van der Waals surface area contributed by atoms with Gasteiger partial charge in [-0.2, -0.15) is 0 Å². The number of aromatic amines is 1. The van der Waals surface area contributed by atoms with Crippen LogP contribution in [0.15, 0.2) is 79.4 Å². The second-order valence-corrected chi connectivity index (χ2v) is 19.8. The summed E-state index contributed by atoms with van der Waals surface area (Å²) in [5.41, 5.74) is 10.7. The van der Waals surface area contributed by atoms with Gasteiger partial charge < -0.3 is 51.4 Å². The molecule has 3 saturated heterocycles. The van der Waals surface area contributed by atoms with E-state index in [1.54, 1.807) is 30.5 Å². The maximum Gasteiger partial charge on any atom is 0.272 e. The van der Waals surface area contributed by atoms with Crippen molar-refractivity contribution < 1.29 is 28.7 Å². The van der Waals surface area contributed by atoms with Crippen LogP contribution >= 0.6 is 11.6 Å². The van der Waals surface area contributed by atoms with Crippen LogP contribution in [-0.4, -0.2) is 162 Å². The largest absolute Gasteiger partial charge is 0.379 e. The number of pyridine rings is 1. The van der Waals surface area contributed by atoms with Gasteiger partial charge in [-0.1, -0.05) is 54.9 Å². The highest BCUT2D eigenvalue weighted by molar-refractivity contribution is 6.30. The lowest BCUT2D eigenvalue weighted by Crippen LogP contribution is -2.60. The first-order chi connectivity index (χ1) is 35.3. The Labute approximate surface area is 431 Å². The second-order valence-electron chi connectivity index (χ2n) is 19.3. The summed E-state index contributed by atoms with van der Waals surface area (Å²) in [6, 6.07) is 19.0. The molecule has 0 spiro atoms. The molecule has 2 atom stereocenters. The molecule has 0 aliphatic carbocycles. The quantitative estimate of drug-likeness (QED) is 0.0568. The van der Waals surface area contributed by atoms with Gasteiger partial charge >= 0.3 is 0 Å². The Morgan fingerprint density at radius 2 is 1.74 bits per heavy atom. The highest BCUT2D eigenvalue weighted by Crippen LogP contribution is 2.30.